The van der Waals surface area contributed by atoms with Crippen LogP contribution >= 0.6 is 15.9 Å². The number of anilines is 1. The van der Waals surface area contributed by atoms with Gasteiger partial charge in [-0.1, -0.05) is 28.1 Å². The van der Waals surface area contributed by atoms with Crippen molar-refractivity contribution in [1.29, 1.82) is 0 Å². The molecule has 0 spiro atoms. The van der Waals surface area contributed by atoms with E-state index in [4.69, 9.17) is 4.74 Å². The molecule has 0 unspecified atom stereocenters. The standard InChI is InChI=1S/C17H17BrN2O4S/c1-19(25(22,23)14-8-6-13(18)7-9-14)12-17(21)20-10-11-24-16-5-3-2-4-15(16)20/h2-9H,10-12H2,1H3. The lowest BCUT2D eigenvalue weighted by Crippen LogP contribution is -2.44. The number of sulfonamides is 1. The molecule has 0 saturated carbocycles. The van der Waals surface area contributed by atoms with Crippen LogP contribution in [0.3, 0.4) is 0 Å². The summed E-state index contributed by atoms with van der Waals surface area (Å²) in [5, 5.41) is 0. The first kappa shape index (κ1) is 17.9. The van der Waals surface area contributed by atoms with Crippen LogP contribution in [0.25, 0.3) is 0 Å². The molecule has 3 rings (SSSR count). The highest BCUT2D eigenvalue weighted by molar-refractivity contribution is 9.10. The fourth-order valence-corrected chi connectivity index (χ4v) is 3.96. The molecule has 8 heteroatoms. The maximum absolute atomic E-state index is 12.7. The van der Waals surface area contributed by atoms with Crippen molar-refractivity contribution in [3.63, 3.8) is 0 Å². The maximum Gasteiger partial charge on any atom is 0.243 e. The molecule has 0 aromatic heterocycles. The molecule has 1 amide bonds. The van der Waals surface area contributed by atoms with Crippen LogP contribution < -0.4 is 9.64 Å². The Hall–Kier alpha value is -1.90. The summed E-state index contributed by atoms with van der Waals surface area (Å²) in [6.45, 7) is 0.528. The number of hydrogen-bond donors (Lipinski definition) is 0. The summed E-state index contributed by atoms with van der Waals surface area (Å²) in [5.74, 6) is 0.333. The SMILES string of the molecule is CN(CC(=O)N1CCOc2ccccc21)S(=O)(=O)c1ccc(Br)cc1. The highest BCUT2D eigenvalue weighted by atomic mass is 79.9. The Morgan fingerprint density at radius 3 is 2.60 bits per heavy atom. The van der Waals surface area contributed by atoms with Crippen LogP contribution in [0.2, 0.25) is 0 Å². The van der Waals surface area contributed by atoms with Crippen molar-refractivity contribution in [3.8, 4) is 5.75 Å². The van der Waals surface area contributed by atoms with Crippen molar-refractivity contribution >= 4 is 37.5 Å². The molecule has 0 atom stereocenters. The van der Waals surface area contributed by atoms with Gasteiger partial charge < -0.3 is 9.64 Å². The Kier molecular flexibility index (Phi) is 5.12. The van der Waals surface area contributed by atoms with Crippen molar-refractivity contribution in [3.05, 3.63) is 53.0 Å². The van der Waals surface area contributed by atoms with Gasteiger partial charge in [0, 0.05) is 11.5 Å². The lowest BCUT2D eigenvalue weighted by molar-refractivity contribution is -0.118. The molecule has 0 bridgehead atoms. The highest BCUT2D eigenvalue weighted by Crippen LogP contribution is 2.31. The largest absolute Gasteiger partial charge is 0.490 e. The van der Waals surface area contributed by atoms with Crippen LogP contribution in [0.15, 0.2) is 57.9 Å². The molecule has 1 heterocycles. The lowest BCUT2D eigenvalue weighted by Gasteiger charge is -2.30. The zero-order valence-electron chi connectivity index (χ0n) is 13.6. The van der Waals surface area contributed by atoms with Crippen LogP contribution in [-0.2, 0) is 14.8 Å². The van der Waals surface area contributed by atoms with Crippen molar-refractivity contribution in [2.24, 2.45) is 0 Å². The summed E-state index contributed by atoms with van der Waals surface area (Å²) in [6, 6.07) is 13.5. The Morgan fingerprint density at radius 2 is 1.88 bits per heavy atom. The number of amides is 1. The number of ether oxygens (including phenoxy) is 1. The van der Waals surface area contributed by atoms with Crippen LogP contribution in [0.5, 0.6) is 5.75 Å². The monoisotopic (exact) mass is 424 g/mol. The number of para-hydroxylation sites is 2. The topological polar surface area (TPSA) is 66.9 Å². The zero-order valence-corrected chi connectivity index (χ0v) is 16.0. The second kappa shape index (κ2) is 7.15. The third-order valence-corrected chi connectivity index (χ3v) is 6.26. The zero-order chi connectivity index (χ0) is 18.0. The van der Waals surface area contributed by atoms with E-state index >= 15 is 0 Å². The van der Waals surface area contributed by atoms with Gasteiger partial charge in [-0.15, -0.1) is 0 Å². The molecule has 0 saturated heterocycles. The average molecular weight is 425 g/mol. The molecule has 25 heavy (non-hydrogen) atoms. The number of fused-ring (bicyclic) bond motifs is 1. The van der Waals surface area contributed by atoms with Crippen molar-refractivity contribution < 1.29 is 17.9 Å². The second-order valence-electron chi connectivity index (χ2n) is 5.58. The molecular formula is C17H17BrN2O4S. The molecule has 1 aliphatic rings. The Balaban J connectivity index is 1.78. The number of likely N-dealkylation sites (N-methyl/N-ethyl adjacent to an activating group) is 1. The first-order valence-corrected chi connectivity index (χ1v) is 9.87. The smallest absolute Gasteiger partial charge is 0.243 e. The van der Waals surface area contributed by atoms with Crippen LogP contribution in [0.4, 0.5) is 5.69 Å². The predicted octanol–water partition coefficient (Wildman–Crippen LogP) is 2.50. The molecule has 0 fully saturated rings. The van der Waals surface area contributed by atoms with Crippen LogP contribution in [0, 0.1) is 0 Å². The van der Waals surface area contributed by atoms with Gasteiger partial charge in [0.2, 0.25) is 15.9 Å². The molecule has 2 aromatic rings. The van der Waals surface area contributed by atoms with Gasteiger partial charge in [0.1, 0.15) is 12.4 Å². The van der Waals surface area contributed by atoms with E-state index in [2.05, 4.69) is 15.9 Å². The number of nitrogens with zero attached hydrogens (tertiary/aromatic N) is 2. The number of hydrogen-bond acceptors (Lipinski definition) is 4. The van der Waals surface area contributed by atoms with Crippen LogP contribution in [0.1, 0.15) is 0 Å². The third kappa shape index (κ3) is 3.70. The van der Waals surface area contributed by atoms with Gasteiger partial charge in [0.05, 0.1) is 23.7 Å². The van der Waals surface area contributed by atoms with Gasteiger partial charge >= 0.3 is 0 Å². The average Bonchev–Trinajstić information content (AvgIpc) is 2.61. The van der Waals surface area contributed by atoms with Crippen molar-refractivity contribution in [1.82, 2.24) is 4.31 Å². The van der Waals surface area contributed by atoms with Gasteiger partial charge in [0.25, 0.3) is 0 Å². The number of carbonyl (C=O) groups is 1. The van der Waals surface area contributed by atoms with Crippen LogP contribution in [-0.4, -0.2) is 45.4 Å². The normalized spacial score (nSPS) is 14.1. The van der Waals surface area contributed by atoms with E-state index in [0.717, 1.165) is 8.78 Å². The van der Waals surface area contributed by atoms with E-state index in [-0.39, 0.29) is 17.3 Å². The first-order valence-electron chi connectivity index (χ1n) is 7.64. The summed E-state index contributed by atoms with van der Waals surface area (Å²) in [4.78, 5) is 14.4. The quantitative estimate of drug-likeness (QED) is 0.755. The summed E-state index contributed by atoms with van der Waals surface area (Å²) in [7, 11) is -2.33. The Morgan fingerprint density at radius 1 is 1.20 bits per heavy atom. The maximum atomic E-state index is 12.7. The summed E-state index contributed by atoms with van der Waals surface area (Å²) >= 11 is 3.28. The van der Waals surface area contributed by atoms with E-state index in [1.54, 1.807) is 29.2 Å². The minimum absolute atomic E-state index is 0.147. The molecule has 0 aliphatic carbocycles. The lowest BCUT2D eigenvalue weighted by atomic mass is 10.2. The van der Waals surface area contributed by atoms with E-state index < -0.39 is 10.0 Å². The summed E-state index contributed by atoms with van der Waals surface area (Å²) in [6.07, 6.45) is 0. The molecule has 132 valence electrons. The summed E-state index contributed by atoms with van der Waals surface area (Å²) in [5.41, 5.74) is 0.660. The number of benzene rings is 2. The van der Waals surface area contributed by atoms with E-state index in [9.17, 15) is 13.2 Å². The fraction of sp³-hybridized carbons (Fsp3) is 0.235. The van der Waals surface area contributed by atoms with Crippen molar-refractivity contribution in [2.45, 2.75) is 4.90 Å². The molecule has 6 nitrogen and oxygen atoms in total. The van der Waals surface area contributed by atoms with Gasteiger partial charge in [-0.3, -0.25) is 4.79 Å². The van der Waals surface area contributed by atoms with E-state index in [1.807, 2.05) is 12.1 Å². The fourth-order valence-electron chi connectivity index (χ4n) is 2.58. The third-order valence-electron chi connectivity index (χ3n) is 3.91. The second-order valence-corrected chi connectivity index (χ2v) is 8.54. The number of carbonyl (C=O) groups excluding carboxylic acids is 1. The minimum atomic E-state index is -3.73. The summed E-state index contributed by atoms with van der Waals surface area (Å²) < 4.78 is 32.6. The molecule has 0 radical (unpaired) electrons. The van der Waals surface area contributed by atoms with Gasteiger partial charge in [-0.25, -0.2) is 8.42 Å². The predicted molar refractivity (Wildman–Crippen MR) is 98.2 cm³/mol. The Bertz CT molecular complexity index is 884. The molecule has 2 aromatic carbocycles. The van der Waals surface area contributed by atoms with Gasteiger partial charge in [0.15, 0.2) is 0 Å². The molecular weight excluding hydrogens is 408 g/mol. The highest BCUT2D eigenvalue weighted by Gasteiger charge is 2.28. The Labute approximate surface area is 155 Å². The molecule has 0 N–H and O–H groups in total. The number of rotatable bonds is 4. The van der Waals surface area contributed by atoms with Gasteiger partial charge in [-0.05, 0) is 36.4 Å². The number of halogens is 1. The first-order chi connectivity index (χ1) is 11.9. The van der Waals surface area contributed by atoms with E-state index in [1.165, 1.54) is 19.2 Å². The molecule has 1 aliphatic heterocycles. The van der Waals surface area contributed by atoms with Gasteiger partial charge in [-0.2, -0.15) is 4.31 Å². The van der Waals surface area contributed by atoms with E-state index in [0.29, 0.717) is 24.6 Å². The minimum Gasteiger partial charge on any atom is -0.490 e. The van der Waals surface area contributed by atoms with Crippen molar-refractivity contribution in [2.75, 3.05) is 31.6 Å².